The van der Waals surface area contributed by atoms with Crippen molar-refractivity contribution in [2.45, 2.75) is 37.6 Å². The molecule has 23 heavy (non-hydrogen) atoms. The molecular weight excluding hydrogens is 312 g/mol. The highest BCUT2D eigenvalue weighted by atomic mass is 32.2. The van der Waals surface area contributed by atoms with Crippen molar-refractivity contribution in [3.05, 3.63) is 35.4 Å². The fraction of sp³-hybridized carbons (Fsp3) is 0.588. The predicted molar refractivity (Wildman–Crippen MR) is 89.1 cm³/mol. The van der Waals surface area contributed by atoms with E-state index in [4.69, 9.17) is 5.73 Å². The Morgan fingerprint density at radius 1 is 1.22 bits per heavy atom. The van der Waals surface area contributed by atoms with Crippen LogP contribution >= 0.6 is 0 Å². The van der Waals surface area contributed by atoms with Crippen LogP contribution in [0.4, 0.5) is 0 Å². The topological polar surface area (TPSA) is 89.3 Å². The van der Waals surface area contributed by atoms with Gasteiger partial charge in [-0.05, 0) is 42.2 Å². The summed E-state index contributed by atoms with van der Waals surface area (Å²) < 4.78 is 23.1. The van der Waals surface area contributed by atoms with Crippen molar-refractivity contribution in [1.82, 2.24) is 5.32 Å². The van der Waals surface area contributed by atoms with Gasteiger partial charge in [-0.15, -0.1) is 0 Å². The first kappa shape index (κ1) is 16.5. The molecule has 2 saturated carbocycles. The summed E-state index contributed by atoms with van der Waals surface area (Å²) in [5.41, 5.74) is 7.80. The summed E-state index contributed by atoms with van der Waals surface area (Å²) in [7, 11) is -3.10. The summed E-state index contributed by atoms with van der Waals surface area (Å²) in [4.78, 5) is 12.5. The van der Waals surface area contributed by atoms with Crippen molar-refractivity contribution in [2.24, 2.45) is 23.5 Å². The number of hydrogen-bond acceptors (Lipinski definition) is 4. The number of fused-ring (bicyclic) bond motifs is 2. The van der Waals surface area contributed by atoms with Crippen LogP contribution in [-0.2, 0) is 26.9 Å². The van der Waals surface area contributed by atoms with Crippen LogP contribution in [0, 0.1) is 17.8 Å². The van der Waals surface area contributed by atoms with E-state index in [0.717, 1.165) is 30.4 Å². The molecule has 3 rings (SSSR count). The first-order chi connectivity index (χ1) is 10.8. The Bertz CT molecular complexity index is 700. The third kappa shape index (κ3) is 3.58. The number of hydrogen-bond donors (Lipinski definition) is 2. The Labute approximate surface area is 137 Å². The fourth-order valence-corrected chi connectivity index (χ4v) is 5.02. The molecule has 2 aliphatic carbocycles. The lowest BCUT2D eigenvalue weighted by Gasteiger charge is -2.27. The monoisotopic (exact) mass is 336 g/mol. The third-order valence-electron chi connectivity index (χ3n) is 5.27. The smallest absolute Gasteiger partial charge is 0.225 e. The van der Waals surface area contributed by atoms with Crippen LogP contribution in [-0.4, -0.2) is 26.6 Å². The molecule has 2 bridgehead atoms. The summed E-state index contributed by atoms with van der Waals surface area (Å²) in [6.45, 7) is 0.352. The van der Waals surface area contributed by atoms with E-state index in [1.807, 2.05) is 18.2 Å². The van der Waals surface area contributed by atoms with Gasteiger partial charge in [0.25, 0.3) is 0 Å². The van der Waals surface area contributed by atoms with Gasteiger partial charge >= 0.3 is 0 Å². The second-order valence-corrected chi connectivity index (χ2v) is 9.13. The normalized spacial score (nSPS) is 29.7. The SMILES string of the molecule is CS(=O)(=O)Cc1ccccc1CNC(=O)C1C2CCC(C2)C1N. The minimum atomic E-state index is -3.10. The first-order valence-corrected chi connectivity index (χ1v) is 10.2. The number of amides is 1. The van der Waals surface area contributed by atoms with E-state index < -0.39 is 9.84 Å². The molecule has 6 heteroatoms. The molecule has 2 fully saturated rings. The summed E-state index contributed by atoms with van der Waals surface area (Å²) in [6.07, 6.45) is 4.54. The highest BCUT2D eigenvalue weighted by Gasteiger charge is 2.48. The fourth-order valence-electron chi connectivity index (χ4n) is 4.18. The molecule has 1 aromatic rings. The minimum absolute atomic E-state index is 0.00726. The molecule has 4 unspecified atom stereocenters. The maximum Gasteiger partial charge on any atom is 0.225 e. The molecule has 5 nitrogen and oxygen atoms in total. The van der Waals surface area contributed by atoms with Crippen LogP contribution in [0.1, 0.15) is 30.4 Å². The van der Waals surface area contributed by atoms with Crippen LogP contribution in [0.2, 0.25) is 0 Å². The standard InChI is InChI=1S/C17H24N2O3S/c1-23(21,22)10-14-5-3-2-4-13(14)9-19-17(20)15-11-6-7-12(8-11)16(15)18/h2-5,11-12,15-16H,6-10,18H2,1H3,(H,19,20). The van der Waals surface area contributed by atoms with Gasteiger partial charge in [0.15, 0.2) is 9.84 Å². The van der Waals surface area contributed by atoms with Crippen molar-refractivity contribution >= 4 is 15.7 Å². The highest BCUT2D eigenvalue weighted by molar-refractivity contribution is 7.89. The molecule has 0 spiro atoms. The van der Waals surface area contributed by atoms with Gasteiger partial charge in [-0.1, -0.05) is 24.3 Å². The molecule has 3 N–H and O–H groups in total. The van der Waals surface area contributed by atoms with Crippen molar-refractivity contribution in [3.8, 4) is 0 Å². The van der Waals surface area contributed by atoms with Gasteiger partial charge in [0.2, 0.25) is 5.91 Å². The molecule has 1 aromatic carbocycles. The second-order valence-electron chi connectivity index (χ2n) is 6.99. The van der Waals surface area contributed by atoms with E-state index in [2.05, 4.69) is 5.32 Å². The van der Waals surface area contributed by atoms with Crippen LogP contribution in [0.25, 0.3) is 0 Å². The Hall–Kier alpha value is -1.40. The summed E-state index contributed by atoms with van der Waals surface area (Å²) in [6, 6.07) is 7.31. The van der Waals surface area contributed by atoms with Crippen molar-refractivity contribution in [2.75, 3.05) is 6.26 Å². The minimum Gasteiger partial charge on any atom is -0.352 e. The molecule has 1 amide bonds. The summed E-state index contributed by atoms with van der Waals surface area (Å²) in [5.74, 6) is 0.830. The van der Waals surface area contributed by atoms with Gasteiger partial charge in [0, 0.05) is 18.8 Å². The molecule has 0 saturated heterocycles. The zero-order valence-electron chi connectivity index (χ0n) is 13.4. The summed E-state index contributed by atoms with van der Waals surface area (Å²) >= 11 is 0. The zero-order chi connectivity index (χ0) is 16.6. The number of sulfone groups is 1. The van der Waals surface area contributed by atoms with Crippen molar-refractivity contribution in [3.63, 3.8) is 0 Å². The molecular formula is C17H24N2O3S. The number of benzene rings is 1. The highest BCUT2D eigenvalue weighted by Crippen LogP contribution is 2.47. The van der Waals surface area contributed by atoms with Crippen LogP contribution in [0.15, 0.2) is 24.3 Å². The maximum absolute atomic E-state index is 12.5. The molecule has 4 atom stereocenters. The number of rotatable bonds is 5. The lowest BCUT2D eigenvalue weighted by molar-refractivity contribution is -0.127. The molecule has 2 aliphatic rings. The second kappa shape index (κ2) is 6.24. The Morgan fingerprint density at radius 3 is 2.48 bits per heavy atom. The summed E-state index contributed by atoms with van der Waals surface area (Å²) in [5, 5.41) is 2.97. The van der Waals surface area contributed by atoms with E-state index in [-0.39, 0.29) is 23.6 Å². The Balaban J connectivity index is 1.66. The van der Waals surface area contributed by atoms with Gasteiger partial charge in [-0.2, -0.15) is 0 Å². The van der Waals surface area contributed by atoms with E-state index >= 15 is 0 Å². The number of nitrogens with one attached hydrogen (secondary N) is 1. The average molecular weight is 336 g/mol. The van der Waals surface area contributed by atoms with Crippen molar-refractivity contribution in [1.29, 1.82) is 0 Å². The quantitative estimate of drug-likeness (QED) is 0.846. The lowest BCUT2D eigenvalue weighted by Crippen LogP contribution is -2.45. The van der Waals surface area contributed by atoms with Gasteiger partial charge in [0.1, 0.15) is 0 Å². The third-order valence-corrected chi connectivity index (χ3v) is 6.11. The molecule has 0 heterocycles. The van der Waals surface area contributed by atoms with Crippen LogP contribution < -0.4 is 11.1 Å². The number of carbonyl (C=O) groups is 1. The van der Waals surface area contributed by atoms with E-state index in [1.54, 1.807) is 6.07 Å². The van der Waals surface area contributed by atoms with E-state index in [9.17, 15) is 13.2 Å². The molecule has 0 radical (unpaired) electrons. The Morgan fingerprint density at radius 2 is 1.87 bits per heavy atom. The van der Waals surface area contributed by atoms with Crippen LogP contribution in [0.3, 0.4) is 0 Å². The van der Waals surface area contributed by atoms with Gasteiger partial charge < -0.3 is 11.1 Å². The van der Waals surface area contributed by atoms with Crippen molar-refractivity contribution < 1.29 is 13.2 Å². The van der Waals surface area contributed by atoms with Crippen LogP contribution in [0.5, 0.6) is 0 Å². The first-order valence-electron chi connectivity index (χ1n) is 8.13. The lowest BCUT2D eigenvalue weighted by atomic mass is 9.84. The number of carbonyl (C=O) groups excluding carboxylic acids is 1. The largest absolute Gasteiger partial charge is 0.352 e. The molecule has 0 aromatic heterocycles. The van der Waals surface area contributed by atoms with Gasteiger partial charge in [0.05, 0.1) is 11.7 Å². The van der Waals surface area contributed by atoms with Gasteiger partial charge in [-0.25, -0.2) is 8.42 Å². The number of nitrogens with two attached hydrogens (primary N) is 1. The Kier molecular flexibility index (Phi) is 4.47. The van der Waals surface area contributed by atoms with Gasteiger partial charge in [-0.3, -0.25) is 4.79 Å². The maximum atomic E-state index is 12.5. The average Bonchev–Trinajstić information content (AvgIpc) is 3.05. The predicted octanol–water partition coefficient (Wildman–Crippen LogP) is 1.22. The molecule has 0 aliphatic heterocycles. The zero-order valence-corrected chi connectivity index (χ0v) is 14.2. The molecule has 126 valence electrons. The van der Waals surface area contributed by atoms with E-state index in [0.29, 0.717) is 18.4 Å². The van der Waals surface area contributed by atoms with E-state index in [1.165, 1.54) is 6.26 Å².